The Hall–Kier alpha value is -0.570. The molecule has 2 fully saturated rings. The summed E-state index contributed by atoms with van der Waals surface area (Å²) in [4.78, 5) is 9.68. The topological polar surface area (TPSA) is 51.1 Å². The van der Waals surface area contributed by atoms with Crippen LogP contribution < -0.4 is 5.32 Å². The smallest absolute Gasteiger partial charge is 0.194 e. The summed E-state index contributed by atoms with van der Waals surface area (Å²) in [7, 11) is 0. The number of rotatable bonds is 6. The molecule has 2 aliphatic rings. The SMILES string of the molecule is CCNC(=NCC(O)c1ccccc1Cl)N1CCC(CN2CCCCC2)C1.I. The van der Waals surface area contributed by atoms with Gasteiger partial charge in [-0.15, -0.1) is 24.0 Å². The lowest BCUT2D eigenvalue weighted by molar-refractivity contribution is 0.186. The number of likely N-dealkylation sites (tertiary alicyclic amines) is 2. The average molecular weight is 521 g/mol. The lowest BCUT2D eigenvalue weighted by Crippen LogP contribution is -2.41. The van der Waals surface area contributed by atoms with Crippen LogP contribution in [0.5, 0.6) is 0 Å². The molecule has 2 atom stereocenters. The number of benzene rings is 1. The van der Waals surface area contributed by atoms with Crippen LogP contribution in [0.1, 0.15) is 44.3 Å². The van der Waals surface area contributed by atoms with Crippen LogP contribution in [0.2, 0.25) is 5.02 Å². The number of nitrogens with zero attached hydrogens (tertiary/aromatic N) is 3. The first-order valence-electron chi connectivity index (χ1n) is 10.4. The lowest BCUT2D eigenvalue weighted by Gasteiger charge is -2.29. The van der Waals surface area contributed by atoms with Crippen molar-refractivity contribution < 1.29 is 5.11 Å². The van der Waals surface area contributed by atoms with Crippen molar-refractivity contribution in [3.05, 3.63) is 34.9 Å². The summed E-state index contributed by atoms with van der Waals surface area (Å²) in [5.74, 6) is 1.62. The summed E-state index contributed by atoms with van der Waals surface area (Å²) in [6.07, 6.45) is 4.62. The Bertz CT molecular complexity index is 624. The summed E-state index contributed by atoms with van der Waals surface area (Å²) in [6, 6.07) is 7.43. The molecule has 7 heteroatoms. The molecule has 1 aromatic rings. The third kappa shape index (κ3) is 6.75. The third-order valence-corrected chi connectivity index (χ3v) is 5.91. The van der Waals surface area contributed by atoms with Crippen molar-refractivity contribution in [1.82, 2.24) is 15.1 Å². The molecule has 5 nitrogen and oxygen atoms in total. The van der Waals surface area contributed by atoms with Gasteiger partial charge in [0.1, 0.15) is 6.10 Å². The predicted molar refractivity (Wildman–Crippen MR) is 128 cm³/mol. The largest absolute Gasteiger partial charge is 0.386 e. The molecule has 0 amide bonds. The van der Waals surface area contributed by atoms with E-state index in [0.717, 1.165) is 31.2 Å². The molecular weight excluding hydrogens is 487 g/mol. The Morgan fingerprint density at radius 3 is 2.71 bits per heavy atom. The number of hydrogen-bond acceptors (Lipinski definition) is 3. The lowest BCUT2D eigenvalue weighted by atomic mass is 10.1. The molecule has 2 unspecified atom stereocenters. The van der Waals surface area contributed by atoms with E-state index in [1.807, 2.05) is 18.2 Å². The van der Waals surface area contributed by atoms with E-state index >= 15 is 0 Å². The van der Waals surface area contributed by atoms with Crippen LogP contribution in [0.4, 0.5) is 0 Å². The number of nitrogens with one attached hydrogen (secondary N) is 1. The number of hydrogen-bond donors (Lipinski definition) is 2. The standard InChI is InChI=1S/C21H33ClN4O.HI/c1-2-23-21(24-14-20(27)18-8-4-5-9-19(18)22)26-13-10-17(16-26)15-25-11-6-3-7-12-25;/h4-5,8-9,17,20,27H,2-3,6-7,10-16H2,1H3,(H,23,24);1H. The van der Waals surface area contributed by atoms with Gasteiger partial charge in [0.2, 0.25) is 0 Å². The molecular formula is C21H34ClIN4O. The van der Waals surface area contributed by atoms with Crippen LogP contribution in [0.25, 0.3) is 0 Å². The van der Waals surface area contributed by atoms with E-state index in [2.05, 4.69) is 22.0 Å². The molecule has 0 aromatic heterocycles. The minimum Gasteiger partial charge on any atom is -0.386 e. The monoisotopic (exact) mass is 520 g/mol. The predicted octanol–water partition coefficient (Wildman–Crippen LogP) is 3.76. The van der Waals surface area contributed by atoms with E-state index in [-0.39, 0.29) is 24.0 Å². The number of aliphatic imine (C=N–C) groups is 1. The van der Waals surface area contributed by atoms with E-state index in [1.165, 1.54) is 45.3 Å². The first kappa shape index (κ1) is 23.7. The second-order valence-corrected chi connectivity index (χ2v) is 8.10. The first-order valence-corrected chi connectivity index (χ1v) is 10.7. The van der Waals surface area contributed by atoms with E-state index in [9.17, 15) is 5.11 Å². The molecule has 0 radical (unpaired) electrons. The van der Waals surface area contributed by atoms with Crippen LogP contribution in [0.3, 0.4) is 0 Å². The zero-order chi connectivity index (χ0) is 19.1. The van der Waals surface area contributed by atoms with Crippen LogP contribution in [-0.2, 0) is 0 Å². The van der Waals surface area contributed by atoms with Gasteiger partial charge in [-0.25, -0.2) is 0 Å². The van der Waals surface area contributed by atoms with Gasteiger partial charge in [-0.2, -0.15) is 0 Å². The maximum atomic E-state index is 10.5. The molecule has 0 saturated carbocycles. The van der Waals surface area contributed by atoms with E-state index < -0.39 is 6.10 Å². The Morgan fingerprint density at radius 1 is 1.25 bits per heavy atom. The fourth-order valence-corrected chi connectivity index (χ4v) is 4.39. The highest BCUT2D eigenvalue weighted by Gasteiger charge is 2.27. The summed E-state index contributed by atoms with van der Waals surface area (Å²) in [6.45, 7) is 9.04. The average Bonchev–Trinajstić information content (AvgIpc) is 3.14. The fourth-order valence-electron chi connectivity index (χ4n) is 4.12. The Morgan fingerprint density at radius 2 is 2.00 bits per heavy atom. The zero-order valence-corrected chi connectivity index (χ0v) is 19.9. The normalized spacial score (nSPS) is 22.0. The molecule has 0 aliphatic carbocycles. The second-order valence-electron chi connectivity index (χ2n) is 7.69. The Labute approximate surface area is 191 Å². The summed E-state index contributed by atoms with van der Waals surface area (Å²) in [5, 5.41) is 14.5. The Kier molecular flexibility index (Phi) is 10.3. The quantitative estimate of drug-likeness (QED) is 0.341. The van der Waals surface area contributed by atoms with Crippen molar-refractivity contribution in [2.45, 2.75) is 38.7 Å². The summed E-state index contributed by atoms with van der Waals surface area (Å²) in [5.41, 5.74) is 0.739. The number of aliphatic hydroxyl groups excluding tert-OH is 1. The number of piperidine rings is 1. The molecule has 2 N–H and O–H groups in total. The molecule has 0 spiro atoms. The van der Waals surface area contributed by atoms with E-state index in [1.54, 1.807) is 6.07 Å². The summed E-state index contributed by atoms with van der Waals surface area (Å²) >= 11 is 6.20. The van der Waals surface area contributed by atoms with Crippen molar-refractivity contribution >= 4 is 41.5 Å². The zero-order valence-electron chi connectivity index (χ0n) is 16.8. The molecule has 2 heterocycles. The molecule has 0 bridgehead atoms. The molecule has 2 aliphatic heterocycles. The minimum absolute atomic E-state index is 0. The van der Waals surface area contributed by atoms with Gasteiger partial charge in [-0.05, 0) is 51.3 Å². The van der Waals surface area contributed by atoms with Gasteiger partial charge in [0, 0.05) is 36.8 Å². The van der Waals surface area contributed by atoms with Crippen molar-refractivity contribution in [2.75, 3.05) is 45.8 Å². The molecule has 2 saturated heterocycles. The Balaban J connectivity index is 0.00000280. The molecule has 158 valence electrons. The molecule has 28 heavy (non-hydrogen) atoms. The van der Waals surface area contributed by atoms with Crippen molar-refractivity contribution in [1.29, 1.82) is 0 Å². The number of aliphatic hydroxyl groups is 1. The van der Waals surface area contributed by atoms with Gasteiger partial charge in [0.05, 0.1) is 6.54 Å². The van der Waals surface area contributed by atoms with Crippen LogP contribution in [-0.4, -0.2) is 66.7 Å². The van der Waals surface area contributed by atoms with E-state index in [4.69, 9.17) is 16.6 Å². The van der Waals surface area contributed by atoms with Gasteiger partial charge in [0.25, 0.3) is 0 Å². The minimum atomic E-state index is -0.681. The van der Waals surface area contributed by atoms with E-state index in [0.29, 0.717) is 17.5 Å². The van der Waals surface area contributed by atoms with Gasteiger partial charge in [-0.1, -0.05) is 36.2 Å². The number of guanidine groups is 1. The van der Waals surface area contributed by atoms with Crippen LogP contribution in [0, 0.1) is 5.92 Å². The highest BCUT2D eigenvalue weighted by Crippen LogP contribution is 2.23. The van der Waals surface area contributed by atoms with Gasteiger partial charge in [0.15, 0.2) is 5.96 Å². The fraction of sp³-hybridized carbons (Fsp3) is 0.667. The maximum absolute atomic E-state index is 10.5. The van der Waals surface area contributed by atoms with Gasteiger partial charge < -0.3 is 20.2 Å². The maximum Gasteiger partial charge on any atom is 0.194 e. The van der Waals surface area contributed by atoms with Crippen molar-refractivity contribution in [3.63, 3.8) is 0 Å². The number of halogens is 2. The third-order valence-electron chi connectivity index (χ3n) is 5.56. The van der Waals surface area contributed by atoms with Crippen molar-refractivity contribution in [2.24, 2.45) is 10.9 Å². The molecule has 3 rings (SSSR count). The van der Waals surface area contributed by atoms with Gasteiger partial charge >= 0.3 is 0 Å². The summed E-state index contributed by atoms with van der Waals surface area (Å²) < 4.78 is 0. The second kappa shape index (κ2) is 12.2. The highest BCUT2D eigenvalue weighted by atomic mass is 127. The van der Waals surface area contributed by atoms with Gasteiger partial charge in [-0.3, -0.25) is 4.99 Å². The van der Waals surface area contributed by atoms with Crippen LogP contribution >= 0.6 is 35.6 Å². The molecule has 1 aromatic carbocycles. The first-order chi connectivity index (χ1) is 13.2. The highest BCUT2D eigenvalue weighted by molar-refractivity contribution is 14.0. The van der Waals surface area contributed by atoms with Crippen LogP contribution in [0.15, 0.2) is 29.3 Å². The van der Waals surface area contributed by atoms with Crippen molar-refractivity contribution in [3.8, 4) is 0 Å².